The molecular weight excluding hydrogens is 336 g/mol. The maximum absolute atomic E-state index is 12.6. The molecular formula is C19H22N2O3S. The quantitative estimate of drug-likeness (QED) is 0.862. The molecule has 2 atom stereocenters. The maximum Gasteiger partial charge on any atom is 0.243 e. The van der Waals surface area contributed by atoms with Gasteiger partial charge in [0.2, 0.25) is 11.8 Å². The molecule has 1 aliphatic rings. The van der Waals surface area contributed by atoms with Crippen LogP contribution in [-0.4, -0.2) is 35.1 Å². The third-order valence-corrected chi connectivity index (χ3v) is 5.60. The highest BCUT2D eigenvalue weighted by Crippen LogP contribution is 2.41. The molecule has 1 aliphatic heterocycles. The van der Waals surface area contributed by atoms with Crippen molar-refractivity contribution < 1.29 is 14.0 Å². The van der Waals surface area contributed by atoms with Gasteiger partial charge in [-0.2, -0.15) is 0 Å². The smallest absolute Gasteiger partial charge is 0.243 e. The van der Waals surface area contributed by atoms with Gasteiger partial charge in [-0.25, -0.2) is 0 Å². The number of rotatable bonds is 6. The van der Waals surface area contributed by atoms with Gasteiger partial charge in [0.15, 0.2) is 0 Å². The largest absolute Gasteiger partial charge is 0.472 e. The van der Waals surface area contributed by atoms with Crippen molar-refractivity contribution in [2.75, 3.05) is 12.3 Å². The van der Waals surface area contributed by atoms with Gasteiger partial charge in [0.1, 0.15) is 11.4 Å². The summed E-state index contributed by atoms with van der Waals surface area (Å²) >= 11 is 1.60. The van der Waals surface area contributed by atoms with Gasteiger partial charge in [-0.1, -0.05) is 37.3 Å². The number of hydrogen-bond donors (Lipinski definition) is 1. The lowest BCUT2D eigenvalue weighted by molar-refractivity contribution is -0.139. The fraction of sp³-hybridized carbons (Fsp3) is 0.368. The molecule has 6 heteroatoms. The third kappa shape index (κ3) is 4.07. The number of benzene rings is 1. The van der Waals surface area contributed by atoms with Crippen molar-refractivity contribution in [3.8, 4) is 0 Å². The van der Waals surface area contributed by atoms with Crippen LogP contribution in [0.15, 0.2) is 53.3 Å². The Morgan fingerprint density at radius 1 is 1.28 bits per heavy atom. The van der Waals surface area contributed by atoms with Crippen molar-refractivity contribution in [2.24, 2.45) is 0 Å². The molecule has 0 radical (unpaired) electrons. The van der Waals surface area contributed by atoms with Crippen LogP contribution in [0.4, 0.5) is 0 Å². The molecule has 0 bridgehead atoms. The summed E-state index contributed by atoms with van der Waals surface area (Å²) in [6.45, 7) is 2.39. The van der Waals surface area contributed by atoms with Crippen LogP contribution in [0.2, 0.25) is 0 Å². The predicted octanol–water partition coefficient (Wildman–Crippen LogP) is 2.99. The standard InChI is InChI=1S/C19H22N2O3S/c1-2-17(22)21-16(13-25-19(21)15-9-11-24-12-15)18(23)20-10-8-14-6-4-3-5-7-14/h3-7,9,11-12,16,19H,2,8,10,13H2,1H3,(H,20,23)/t16-,19+/m1/s1. The van der Waals surface area contributed by atoms with Gasteiger partial charge in [-0.05, 0) is 18.1 Å². The first-order valence-corrected chi connectivity index (χ1v) is 9.52. The number of thioether (sulfide) groups is 1. The SMILES string of the molecule is CCC(=O)N1[C@@H](C(=O)NCCc2ccccc2)CS[C@H]1c1ccoc1. The van der Waals surface area contributed by atoms with Crippen molar-refractivity contribution in [3.05, 3.63) is 60.1 Å². The molecule has 2 aromatic rings. The molecule has 3 rings (SSSR count). The van der Waals surface area contributed by atoms with Crippen LogP contribution in [0, 0.1) is 0 Å². The number of furan rings is 1. The van der Waals surface area contributed by atoms with Crippen molar-refractivity contribution in [1.29, 1.82) is 0 Å². The van der Waals surface area contributed by atoms with E-state index in [1.807, 2.05) is 43.3 Å². The molecule has 2 heterocycles. The summed E-state index contributed by atoms with van der Waals surface area (Å²) in [7, 11) is 0. The normalized spacial score (nSPS) is 19.8. The van der Waals surface area contributed by atoms with Crippen molar-refractivity contribution in [3.63, 3.8) is 0 Å². The Balaban J connectivity index is 1.63. The minimum atomic E-state index is -0.437. The summed E-state index contributed by atoms with van der Waals surface area (Å²) in [5.41, 5.74) is 2.10. The summed E-state index contributed by atoms with van der Waals surface area (Å²) < 4.78 is 5.15. The van der Waals surface area contributed by atoms with Crippen LogP contribution in [0.1, 0.15) is 29.8 Å². The van der Waals surface area contributed by atoms with Crippen LogP contribution < -0.4 is 5.32 Å². The van der Waals surface area contributed by atoms with Gasteiger partial charge in [0, 0.05) is 24.3 Å². The van der Waals surface area contributed by atoms with E-state index in [0.29, 0.717) is 18.7 Å². The molecule has 25 heavy (non-hydrogen) atoms. The number of carbonyl (C=O) groups is 2. The van der Waals surface area contributed by atoms with E-state index in [2.05, 4.69) is 5.32 Å². The second-order valence-corrected chi connectivity index (χ2v) is 7.05. The molecule has 1 fully saturated rings. The molecule has 132 valence electrons. The Hall–Kier alpha value is -2.21. The maximum atomic E-state index is 12.6. The third-order valence-electron chi connectivity index (χ3n) is 4.28. The van der Waals surface area contributed by atoms with Crippen LogP contribution in [0.5, 0.6) is 0 Å². The number of carbonyl (C=O) groups excluding carboxylic acids is 2. The lowest BCUT2D eigenvalue weighted by atomic mass is 10.1. The molecule has 1 saturated heterocycles. The number of hydrogen-bond acceptors (Lipinski definition) is 4. The van der Waals surface area contributed by atoms with E-state index < -0.39 is 6.04 Å². The minimum absolute atomic E-state index is 0.0144. The summed E-state index contributed by atoms with van der Waals surface area (Å²) in [5.74, 6) is 0.495. The topological polar surface area (TPSA) is 62.6 Å². The zero-order valence-corrected chi connectivity index (χ0v) is 15.0. The van der Waals surface area contributed by atoms with E-state index in [9.17, 15) is 9.59 Å². The van der Waals surface area contributed by atoms with Crippen molar-refractivity contribution in [1.82, 2.24) is 10.2 Å². The minimum Gasteiger partial charge on any atom is -0.472 e. The number of nitrogens with zero attached hydrogens (tertiary/aromatic N) is 1. The first-order valence-electron chi connectivity index (χ1n) is 8.47. The van der Waals surface area contributed by atoms with E-state index in [1.54, 1.807) is 29.2 Å². The molecule has 0 unspecified atom stereocenters. The summed E-state index contributed by atoms with van der Waals surface area (Å²) in [5, 5.41) is 2.82. The van der Waals surface area contributed by atoms with Crippen LogP contribution in [-0.2, 0) is 16.0 Å². The Morgan fingerprint density at radius 2 is 2.08 bits per heavy atom. The number of amides is 2. The zero-order valence-electron chi connectivity index (χ0n) is 14.2. The van der Waals surface area contributed by atoms with Crippen molar-refractivity contribution in [2.45, 2.75) is 31.2 Å². The van der Waals surface area contributed by atoms with Gasteiger partial charge in [0.05, 0.1) is 12.5 Å². The Morgan fingerprint density at radius 3 is 2.76 bits per heavy atom. The molecule has 1 aromatic heterocycles. The Kier molecular flexibility index (Phi) is 5.81. The lowest BCUT2D eigenvalue weighted by Crippen LogP contribution is -2.48. The second-order valence-electron chi connectivity index (χ2n) is 5.94. The molecule has 0 aliphatic carbocycles. The fourth-order valence-electron chi connectivity index (χ4n) is 2.96. The van der Waals surface area contributed by atoms with E-state index in [1.165, 1.54) is 5.56 Å². The van der Waals surface area contributed by atoms with Crippen LogP contribution in [0.25, 0.3) is 0 Å². The van der Waals surface area contributed by atoms with E-state index in [-0.39, 0.29) is 17.2 Å². The lowest BCUT2D eigenvalue weighted by Gasteiger charge is -2.28. The van der Waals surface area contributed by atoms with E-state index in [4.69, 9.17) is 4.42 Å². The molecule has 0 spiro atoms. The first-order chi connectivity index (χ1) is 12.2. The van der Waals surface area contributed by atoms with E-state index >= 15 is 0 Å². The first kappa shape index (κ1) is 17.6. The zero-order chi connectivity index (χ0) is 17.6. The summed E-state index contributed by atoms with van der Waals surface area (Å²) in [4.78, 5) is 26.8. The average molecular weight is 358 g/mol. The summed E-state index contributed by atoms with van der Waals surface area (Å²) in [6.07, 6.45) is 4.39. The number of nitrogens with one attached hydrogen (secondary N) is 1. The van der Waals surface area contributed by atoms with Crippen LogP contribution >= 0.6 is 11.8 Å². The van der Waals surface area contributed by atoms with Gasteiger partial charge in [-0.3, -0.25) is 9.59 Å². The Labute approximate surface area is 151 Å². The second kappa shape index (κ2) is 8.25. The monoisotopic (exact) mass is 358 g/mol. The molecule has 2 amide bonds. The van der Waals surface area contributed by atoms with Gasteiger partial charge in [-0.15, -0.1) is 11.8 Å². The molecule has 0 saturated carbocycles. The Bertz CT molecular complexity index is 703. The van der Waals surface area contributed by atoms with Gasteiger partial charge < -0.3 is 14.6 Å². The van der Waals surface area contributed by atoms with Gasteiger partial charge in [0.25, 0.3) is 0 Å². The highest BCUT2D eigenvalue weighted by atomic mass is 32.2. The summed E-state index contributed by atoms with van der Waals surface area (Å²) in [6, 6.07) is 11.4. The highest BCUT2D eigenvalue weighted by molar-refractivity contribution is 7.99. The molecule has 1 aromatic carbocycles. The predicted molar refractivity (Wildman–Crippen MR) is 98.0 cm³/mol. The average Bonchev–Trinajstić information content (AvgIpc) is 3.31. The van der Waals surface area contributed by atoms with Crippen LogP contribution in [0.3, 0.4) is 0 Å². The molecule has 1 N–H and O–H groups in total. The van der Waals surface area contributed by atoms with Gasteiger partial charge >= 0.3 is 0 Å². The van der Waals surface area contributed by atoms with E-state index in [0.717, 1.165) is 12.0 Å². The fourth-order valence-corrected chi connectivity index (χ4v) is 4.39. The highest BCUT2D eigenvalue weighted by Gasteiger charge is 2.41. The van der Waals surface area contributed by atoms with Crippen molar-refractivity contribution >= 4 is 23.6 Å². The molecule has 5 nitrogen and oxygen atoms in total.